The van der Waals surface area contributed by atoms with E-state index in [0.29, 0.717) is 6.54 Å². The summed E-state index contributed by atoms with van der Waals surface area (Å²) in [5, 5.41) is 0. The first-order chi connectivity index (χ1) is 4.20. The van der Waals surface area contributed by atoms with Gasteiger partial charge < -0.3 is 0 Å². The van der Waals surface area contributed by atoms with Gasteiger partial charge in [-0.1, -0.05) is 0 Å². The van der Waals surface area contributed by atoms with Crippen LogP contribution in [0.4, 0.5) is 0 Å². The van der Waals surface area contributed by atoms with Crippen molar-refractivity contribution < 1.29 is 4.79 Å². The minimum absolute atomic E-state index is 0.0907. The zero-order chi connectivity index (χ0) is 7.28. The van der Waals surface area contributed by atoms with Crippen LogP contribution in [-0.4, -0.2) is 38.2 Å². The van der Waals surface area contributed by atoms with Gasteiger partial charge >= 0.3 is 60.2 Å². The predicted molar refractivity (Wildman–Crippen MR) is 38.2 cm³/mol. The molecule has 2 unspecified atom stereocenters. The van der Waals surface area contributed by atoms with Gasteiger partial charge in [0.2, 0.25) is 0 Å². The predicted octanol–water partition coefficient (Wildman–Crippen LogP) is -2.85. The van der Waals surface area contributed by atoms with Crippen molar-refractivity contribution in [1.29, 1.82) is 0 Å². The van der Waals surface area contributed by atoms with Crippen molar-refractivity contribution in [2.75, 3.05) is 13.1 Å². The molecule has 0 aliphatic carbocycles. The Hall–Kier alpha value is 0.108. The van der Waals surface area contributed by atoms with Crippen molar-refractivity contribution in [2.24, 2.45) is 17.2 Å². The van der Waals surface area contributed by atoms with E-state index in [2.05, 4.69) is 0 Å². The summed E-state index contributed by atoms with van der Waals surface area (Å²) >= 11 is -0.736. The first-order valence-electron chi connectivity index (χ1n) is 2.65. The number of nitrogens with two attached hydrogens (primary N) is 3. The van der Waals surface area contributed by atoms with E-state index in [1.54, 1.807) is 0 Å². The molecule has 0 saturated heterocycles. The minimum atomic E-state index is -0.736. The van der Waals surface area contributed by atoms with Crippen LogP contribution in [0.15, 0.2) is 0 Å². The Morgan fingerprint density at radius 2 is 2.11 bits per heavy atom. The first-order valence-corrected chi connectivity index (χ1v) is 4.91. The molecule has 6 N–H and O–H groups in total. The summed E-state index contributed by atoms with van der Waals surface area (Å²) in [5.74, 6) is 0. The van der Waals surface area contributed by atoms with Crippen molar-refractivity contribution in [3.05, 3.63) is 0 Å². The molecule has 5 heteroatoms. The molecule has 4 nitrogen and oxygen atoms in total. The van der Waals surface area contributed by atoms with E-state index < -0.39 is 15.8 Å². The van der Waals surface area contributed by atoms with Crippen LogP contribution < -0.4 is 17.2 Å². The van der Waals surface area contributed by atoms with E-state index in [1.807, 2.05) is 0 Å². The van der Waals surface area contributed by atoms with Crippen LogP contribution in [0.25, 0.3) is 0 Å². The molecule has 0 amide bonds. The second kappa shape index (κ2) is 4.94. The number of hydrogen-bond acceptors (Lipinski definition) is 4. The van der Waals surface area contributed by atoms with Crippen molar-refractivity contribution in [1.82, 2.24) is 0 Å². The second-order valence-corrected chi connectivity index (χ2v) is 4.95. The summed E-state index contributed by atoms with van der Waals surface area (Å²) in [6.45, 7) is 0.513. The van der Waals surface area contributed by atoms with Gasteiger partial charge in [-0.25, -0.2) is 0 Å². The monoisotopic (exact) mass is 193 g/mol. The zero-order valence-corrected chi connectivity index (χ0v) is 7.23. The summed E-state index contributed by atoms with van der Waals surface area (Å²) in [4.78, 5) is 10.5. The van der Waals surface area contributed by atoms with Crippen LogP contribution in [0.1, 0.15) is 0 Å². The maximum atomic E-state index is 10.6. The Labute approximate surface area is 60.8 Å². The molecule has 0 rings (SSSR count). The van der Waals surface area contributed by atoms with E-state index in [9.17, 15) is 4.79 Å². The topological polar surface area (TPSA) is 95.1 Å². The summed E-state index contributed by atoms with van der Waals surface area (Å²) in [6, 6.07) is 0. The Kier molecular flexibility index (Phi) is 5.00. The van der Waals surface area contributed by atoms with Gasteiger partial charge in [0.05, 0.1) is 0 Å². The Morgan fingerprint density at radius 3 is 2.44 bits per heavy atom. The molecule has 0 aromatic rings. The molecular weight excluding hydrogens is 181 g/mol. The number of hydrogen-bond donors (Lipinski definition) is 3. The van der Waals surface area contributed by atoms with Gasteiger partial charge in [0.25, 0.3) is 0 Å². The molecule has 0 aliphatic rings. The molecule has 0 radical (unpaired) electrons. The quantitative estimate of drug-likeness (QED) is 0.419. The van der Waals surface area contributed by atoms with E-state index in [1.165, 1.54) is 0 Å². The first kappa shape index (κ1) is 9.11. The van der Waals surface area contributed by atoms with Crippen LogP contribution in [0, 0.1) is 0 Å². The summed E-state index contributed by atoms with van der Waals surface area (Å²) in [5.41, 5.74) is 15.7. The number of carbonyl (C=O) groups excluding carboxylic acids is 1. The van der Waals surface area contributed by atoms with Gasteiger partial charge in [-0.15, -0.1) is 0 Å². The fraction of sp³-hybridized carbons (Fsp3) is 0.750. The zero-order valence-electron chi connectivity index (χ0n) is 5.13. The molecule has 0 aromatic heterocycles. The molecule has 0 aromatic carbocycles. The van der Waals surface area contributed by atoms with Crippen LogP contribution in [0.5, 0.6) is 0 Å². The van der Waals surface area contributed by atoms with Crippen LogP contribution in [0.3, 0.4) is 0 Å². The Bertz CT molecular complexity index is 97.8. The molecule has 0 fully saturated rings. The summed E-state index contributed by atoms with van der Waals surface area (Å²) < 4.78 is 0.0907. The molecule has 0 aliphatic heterocycles. The summed E-state index contributed by atoms with van der Waals surface area (Å²) in [6.07, 6.45) is 0. The molecule has 54 valence electrons. The molecule has 2 atom stereocenters. The SMILES string of the molecule is NCC(=O)[AsH]C(N)CN. The third kappa shape index (κ3) is 4.60. The Morgan fingerprint density at radius 1 is 1.56 bits per heavy atom. The molecule has 0 saturated carbocycles. The molecular formula is C4H12AsN3O. The average Bonchev–Trinajstić information content (AvgIpc) is 1.87. The maximum absolute atomic E-state index is 10.6. The van der Waals surface area contributed by atoms with Gasteiger partial charge in [-0.3, -0.25) is 0 Å². The van der Waals surface area contributed by atoms with Gasteiger partial charge in [0.1, 0.15) is 0 Å². The average molecular weight is 193 g/mol. The molecule has 9 heavy (non-hydrogen) atoms. The number of carbonyl (C=O) groups is 1. The van der Waals surface area contributed by atoms with E-state index >= 15 is 0 Å². The standard InChI is InChI=1S/C4H12AsN3O/c6-1-3(8)5-4(9)2-7/h3,5H,1-2,6-8H2. The molecule has 0 spiro atoms. The van der Waals surface area contributed by atoms with Crippen molar-refractivity contribution in [2.45, 2.75) is 4.83 Å². The second-order valence-electron chi connectivity index (χ2n) is 1.61. The van der Waals surface area contributed by atoms with E-state index in [0.717, 1.165) is 0 Å². The number of rotatable bonds is 4. The van der Waals surface area contributed by atoms with Crippen LogP contribution in [0.2, 0.25) is 0 Å². The van der Waals surface area contributed by atoms with Gasteiger partial charge in [-0.05, 0) is 0 Å². The van der Waals surface area contributed by atoms with Crippen LogP contribution >= 0.6 is 0 Å². The fourth-order valence-corrected chi connectivity index (χ4v) is 1.69. The van der Waals surface area contributed by atoms with E-state index in [-0.39, 0.29) is 15.9 Å². The molecule has 0 bridgehead atoms. The van der Waals surface area contributed by atoms with Crippen LogP contribution in [-0.2, 0) is 4.79 Å². The summed E-state index contributed by atoms with van der Waals surface area (Å²) in [7, 11) is 0. The van der Waals surface area contributed by atoms with Crippen molar-refractivity contribution in [3.8, 4) is 0 Å². The normalized spacial score (nSPS) is 14.6. The van der Waals surface area contributed by atoms with Gasteiger partial charge in [0.15, 0.2) is 0 Å². The third-order valence-electron chi connectivity index (χ3n) is 0.786. The Balaban J connectivity index is 3.34. The van der Waals surface area contributed by atoms with Gasteiger partial charge in [0, 0.05) is 0 Å². The van der Waals surface area contributed by atoms with Crippen molar-refractivity contribution >= 4 is 20.3 Å². The third-order valence-corrected chi connectivity index (χ3v) is 3.16. The fourth-order valence-electron chi connectivity index (χ4n) is 0.325. The van der Waals surface area contributed by atoms with Crippen molar-refractivity contribution in [3.63, 3.8) is 0 Å². The van der Waals surface area contributed by atoms with E-state index in [4.69, 9.17) is 17.2 Å². The molecule has 0 heterocycles. The van der Waals surface area contributed by atoms with Gasteiger partial charge in [-0.2, -0.15) is 0 Å².